The molecule has 131 heavy (non-hydrogen) atoms. The highest BCUT2D eigenvalue weighted by Crippen LogP contribution is 2.55. The van der Waals surface area contributed by atoms with Crippen LogP contribution in [0.4, 0.5) is 0 Å². The van der Waals surface area contributed by atoms with E-state index in [0.717, 1.165) is 83.9 Å². The molecule has 0 spiro atoms. The predicted octanol–water partition coefficient (Wildman–Crippen LogP) is 33.2. The average molecular weight is 1670 g/mol. The molecule has 0 radical (unpaired) electrons. The van der Waals surface area contributed by atoms with Crippen LogP contribution in [0.5, 0.6) is 0 Å². The summed E-state index contributed by atoms with van der Waals surface area (Å²) in [6, 6.07) is 155. The summed E-state index contributed by atoms with van der Waals surface area (Å²) in [5.41, 5.74) is 40.2. The van der Waals surface area contributed by atoms with E-state index >= 15 is 0 Å². The minimum atomic E-state index is -0.128. The SMILES string of the molecule is CC1(C)c2cc(-c3cc(-c4ccc(-c5ccc6ccccc6c5)cc4)nc4ccccc34)ccc2-c2cc3ccccc3cc21.CC1(C)c2cc(-c3nc4ccccc4nc3-c3ccc(-c4ccc5ccccc5c4)cc3)ccc2-c2cc3ccccc3cc21.CC1(C)c2ccccc2-c2ccc(-c3nc4ccccc4nc3-c3ccc(-c4ccc5ccccc5c4)cc3)cc21. The molecule has 3 aliphatic rings. The van der Waals surface area contributed by atoms with Crippen molar-refractivity contribution in [1.82, 2.24) is 24.9 Å². The van der Waals surface area contributed by atoms with Gasteiger partial charge in [0.1, 0.15) is 0 Å². The summed E-state index contributed by atoms with van der Waals surface area (Å²) in [6.45, 7) is 14.1. The number of nitrogens with zero attached hydrogens (tertiary/aromatic N) is 5. The van der Waals surface area contributed by atoms with Crippen LogP contribution in [-0.2, 0) is 16.2 Å². The van der Waals surface area contributed by atoms with Crippen molar-refractivity contribution in [2.24, 2.45) is 0 Å². The van der Waals surface area contributed by atoms with Crippen LogP contribution in [0.15, 0.2) is 431 Å². The van der Waals surface area contributed by atoms with Gasteiger partial charge < -0.3 is 0 Å². The summed E-state index contributed by atoms with van der Waals surface area (Å²) >= 11 is 0. The second kappa shape index (κ2) is 31.1. The number of para-hydroxylation sites is 5. The van der Waals surface area contributed by atoms with Crippen LogP contribution in [0.3, 0.4) is 0 Å². The van der Waals surface area contributed by atoms with Gasteiger partial charge in [0.15, 0.2) is 0 Å². The van der Waals surface area contributed by atoms with E-state index in [1.54, 1.807) is 0 Å². The molecule has 0 unspecified atom stereocenters. The Morgan fingerprint density at radius 2 is 0.412 bits per heavy atom. The zero-order chi connectivity index (χ0) is 87.8. The van der Waals surface area contributed by atoms with E-state index in [-0.39, 0.29) is 16.2 Å². The molecule has 3 heterocycles. The third kappa shape index (κ3) is 13.6. The van der Waals surface area contributed by atoms with E-state index in [9.17, 15) is 0 Å². The Kier molecular flexibility index (Phi) is 18.6. The molecule has 0 atom stereocenters. The average Bonchev–Trinajstić information content (AvgIpc) is 1.57. The normalized spacial score (nSPS) is 13.3. The molecule has 3 aliphatic carbocycles. The van der Waals surface area contributed by atoms with E-state index in [1.807, 2.05) is 42.5 Å². The first-order valence-corrected chi connectivity index (χ1v) is 45.5. The van der Waals surface area contributed by atoms with Crippen LogP contribution in [0, 0.1) is 0 Å². The maximum atomic E-state index is 5.24. The Bertz CT molecular complexity index is 8610. The lowest BCUT2D eigenvalue weighted by atomic mass is 9.81. The Labute approximate surface area is 762 Å². The fourth-order valence-electron chi connectivity index (χ4n) is 21.0. The summed E-state index contributed by atoms with van der Waals surface area (Å²) in [4.78, 5) is 26.0. The van der Waals surface area contributed by atoms with Gasteiger partial charge in [-0.1, -0.05) is 375 Å². The molecule has 5 heteroatoms. The number of pyridine rings is 1. The Morgan fingerprint density at radius 1 is 0.145 bits per heavy atom. The second-order valence-electron chi connectivity index (χ2n) is 37.0. The smallest absolute Gasteiger partial charge is 0.0973 e. The summed E-state index contributed by atoms with van der Waals surface area (Å²) < 4.78 is 0. The van der Waals surface area contributed by atoms with Gasteiger partial charge in [-0.3, -0.25) is 0 Å². The molecule has 0 bridgehead atoms. The Hall–Kier alpha value is -16.2. The van der Waals surface area contributed by atoms with Gasteiger partial charge in [0, 0.05) is 49.4 Å². The van der Waals surface area contributed by atoms with Gasteiger partial charge in [0.2, 0.25) is 0 Å². The molecule has 3 aromatic heterocycles. The van der Waals surface area contributed by atoms with Crippen LogP contribution in [0.2, 0.25) is 0 Å². The van der Waals surface area contributed by atoms with Crippen molar-refractivity contribution in [2.45, 2.75) is 57.8 Å². The lowest BCUT2D eigenvalue weighted by molar-refractivity contribution is 0.660. The number of rotatable bonds is 9. The predicted molar refractivity (Wildman–Crippen MR) is 550 cm³/mol. The van der Waals surface area contributed by atoms with E-state index in [2.05, 4.69) is 430 Å². The van der Waals surface area contributed by atoms with E-state index < -0.39 is 0 Å². The van der Waals surface area contributed by atoms with Gasteiger partial charge >= 0.3 is 0 Å². The highest BCUT2D eigenvalue weighted by Gasteiger charge is 2.39. The lowest BCUT2D eigenvalue weighted by Gasteiger charge is -2.22. The van der Waals surface area contributed by atoms with Gasteiger partial charge in [0.05, 0.1) is 56.1 Å². The van der Waals surface area contributed by atoms with Crippen molar-refractivity contribution >= 4 is 86.8 Å². The topological polar surface area (TPSA) is 64.5 Å². The minimum absolute atomic E-state index is 0.0755. The van der Waals surface area contributed by atoms with Crippen molar-refractivity contribution in [1.29, 1.82) is 0 Å². The number of hydrogen-bond donors (Lipinski definition) is 0. The monoisotopic (exact) mass is 1670 g/mol. The molecule has 0 saturated heterocycles. The van der Waals surface area contributed by atoms with Crippen LogP contribution in [0.1, 0.15) is 74.9 Å². The Morgan fingerprint density at radius 3 is 0.824 bits per heavy atom. The summed E-state index contributed by atoms with van der Waals surface area (Å²) in [5.74, 6) is 0. The molecule has 0 aliphatic heterocycles. The molecule has 0 N–H and O–H groups in total. The van der Waals surface area contributed by atoms with Crippen molar-refractivity contribution < 1.29 is 0 Å². The quantitative estimate of drug-likeness (QED) is 0.144. The fraction of sp³-hybridized carbons (Fsp3) is 0.0714. The number of aromatic nitrogens is 5. The molecule has 0 fully saturated rings. The number of benzene rings is 20. The molecule has 5 nitrogen and oxygen atoms in total. The van der Waals surface area contributed by atoms with Crippen LogP contribution in [0.25, 0.3) is 221 Å². The Balaban J connectivity index is 0.000000109. The molecule has 618 valence electrons. The first-order valence-electron chi connectivity index (χ1n) is 45.5. The summed E-state index contributed by atoms with van der Waals surface area (Å²) in [5, 5.41) is 13.8. The molecular weight excluding hydrogens is 1580 g/mol. The first kappa shape index (κ1) is 78.3. The fourth-order valence-corrected chi connectivity index (χ4v) is 21.0. The lowest BCUT2D eigenvalue weighted by Crippen LogP contribution is -2.15. The molecule has 20 aromatic carbocycles. The van der Waals surface area contributed by atoms with Gasteiger partial charge in [-0.05, 0) is 262 Å². The zero-order valence-electron chi connectivity index (χ0n) is 73.7. The van der Waals surface area contributed by atoms with Gasteiger partial charge in [-0.25, -0.2) is 24.9 Å². The summed E-state index contributed by atoms with van der Waals surface area (Å²) in [7, 11) is 0. The largest absolute Gasteiger partial charge is 0.248 e. The molecular formula is C126H89N5. The third-order valence-electron chi connectivity index (χ3n) is 28.1. The third-order valence-corrected chi connectivity index (χ3v) is 28.1. The van der Waals surface area contributed by atoms with Crippen molar-refractivity contribution in [3.63, 3.8) is 0 Å². The van der Waals surface area contributed by atoms with Gasteiger partial charge in [0.25, 0.3) is 0 Å². The van der Waals surface area contributed by atoms with Crippen LogP contribution >= 0.6 is 0 Å². The number of fused-ring (bicyclic) bond motifs is 17. The molecule has 26 rings (SSSR count). The highest BCUT2D eigenvalue weighted by molar-refractivity contribution is 6.02. The van der Waals surface area contributed by atoms with Crippen LogP contribution < -0.4 is 0 Å². The van der Waals surface area contributed by atoms with E-state index in [0.29, 0.717) is 0 Å². The summed E-state index contributed by atoms with van der Waals surface area (Å²) in [6.07, 6.45) is 0. The number of hydrogen-bond acceptors (Lipinski definition) is 5. The molecule has 0 amide bonds. The first-order chi connectivity index (χ1) is 64.1. The van der Waals surface area contributed by atoms with Gasteiger partial charge in [-0.15, -0.1) is 0 Å². The van der Waals surface area contributed by atoms with Crippen molar-refractivity contribution in [3.05, 3.63) is 464 Å². The van der Waals surface area contributed by atoms with Crippen LogP contribution in [-0.4, -0.2) is 24.9 Å². The standard InChI is InChI=1S/C44H31N.C43H30N2.C39H28N2/c1-44(2)40-26-35(21-22-36(40)39-24-32-11-5-6-12-33(32)25-41(39)44)38-27-43(45-42-14-8-7-13-37(38)42)30-18-15-29(16-19-30)34-20-17-28-9-3-4-10-31(28)23-34;1-43(2)37-26-34(21-22-35(37)36-24-31-11-5-6-12-32(31)25-38(36)43)42-41(44-39-13-7-8-14-40(39)45-42)29-18-15-28(16-19-29)33-20-17-27-9-3-4-10-30(27)23-33;1-39(2)33-12-6-5-11-31(33)32-22-21-30(24-34(32)39)38-37(40-35-13-7-8-14-36(35)41-38)27-18-15-26(16-19-27)29-20-17-25-9-3-4-10-28(25)23-29/h3-27H,1-2H3;3-26H,1-2H3;3-24H,1-2H3. The maximum absolute atomic E-state index is 5.24. The van der Waals surface area contributed by atoms with E-state index in [4.69, 9.17) is 24.9 Å². The zero-order valence-corrected chi connectivity index (χ0v) is 73.7. The molecule has 0 saturated carbocycles. The van der Waals surface area contributed by atoms with Gasteiger partial charge in [-0.2, -0.15) is 0 Å². The van der Waals surface area contributed by atoms with E-state index in [1.165, 1.54) is 171 Å². The van der Waals surface area contributed by atoms with Crippen molar-refractivity contribution in [3.8, 4) is 134 Å². The minimum Gasteiger partial charge on any atom is -0.248 e. The highest BCUT2D eigenvalue weighted by atomic mass is 14.8. The molecule has 23 aromatic rings. The maximum Gasteiger partial charge on any atom is 0.0973 e. The van der Waals surface area contributed by atoms with Crippen molar-refractivity contribution in [2.75, 3.05) is 0 Å². The second-order valence-corrected chi connectivity index (χ2v) is 37.0.